The maximum Gasteiger partial charge on any atom is 0.265 e. The second-order valence-corrected chi connectivity index (χ2v) is 4.84. The van der Waals surface area contributed by atoms with E-state index in [0.717, 1.165) is 0 Å². The Morgan fingerprint density at radius 1 is 1.53 bits per heavy atom. The van der Waals surface area contributed by atoms with Crippen molar-refractivity contribution in [1.82, 2.24) is 4.57 Å². The summed E-state index contributed by atoms with van der Waals surface area (Å²) in [7, 11) is 0. The van der Waals surface area contributed by atoms with Crippen molar-refractivity contribution in [3.63, 3.8) is 0 Å². The third-order valence-electron chi connectivity index (χ3n) is 2.21. The fourth-order valence-electron chi connectivity index (χ4n) is 1.37. The standard InChI is InChI=1S/C11H16BrNO2/c1-4-15-8-11(2,3)13-7-5-6-9(12)10(13)14/h5-7H,4,8H2,1-3H3. The highest BCUT2D eigenvalue weighted by atomic mass is 79.9. The van der Waals surface area contributed by atoms with E-state index in [2.05, 4.69) is 15.9 Å². The Hall–Kier alpha value is -0.610. The minimum absolute atomic E-state index is 0.0257. The third kappa shape index (κ3) is 2.92. The van der Waals surface area contributed by atoms with Crippen LogP contribution in [0.3, 0.4) is 0 Å². The van der Waals surface area contributed by atoms with Crippen molar-refractivity contribution in [3.8, 4) is 0 Å². The Kier molecular flexibility index (Phi) is 4.11. The van der Waals surface area contributed by atoms with E-state index >= 15 is 0 Å². The van der Waals surface area contributed by atoms with Crippen molar-refractivity contribution in [2.75, 3.05) is 13.2 Å². The SMILES string of the molecule is CCOCC(C)(C)n1cccc(Br)c1=O. The van der Waals surface area contributed by atoms with Crippen LogP contribution in [0.15, 0.2) is 27.6 Å². The van der Waals surface area contributed by atoms with Crippen LogP contribution in [0, 0.1) is 0 Å². The lowest BCUT2D eigenvalue weighted by atomic mass is 10.1. The predicted octanol–water partition coefficient (Wildman–Crippen LogP) is 2.38. The molecule has 4 heteroatoms. The average Bonchev–Trinajstić information content (AvgIpc) is 2.19. The molecule has 1 aromatic rings. The van der Waals surface area contributed by atoms with E-state index in [9.17, 15) is 4.79 Å². The molecule has 0 aliphatic rings. The predicted molar refractivity (Wildman–Crippen MR) is 64.2 cm³/mol. The molecule has 3 nitrogen and oxygen atoms in total. The zero-order valence-corrected chi connectivity index (χ0v) is 10.9. The largest absolute Gasteiger partial charge is 0.379 e. The van der Waals surface area contributed by atoms with Gasteiger partial charge in [0.15, 0.2) is 0 Å². The van der Waals surface area contributed by atoms with Gasteiger partial charge in [0, 0.05) is 12.8 Å². The van der Waals surface area contributed by atoms with E-state index in [-0.39, 0.29) is 11.1 Å². The molecule has 0 aromatic carbocycles. The van der Waals surface area contributed by atoms with Crippen LogP contribution in [-0.4, -0.2) is 17.8 Å². The van der Waals surface area contributed by atoms with Crippen molar-refractivity contribution in [2.24, 2.45) is 0 Å². The summed E-state index contributed by atoms with van der Waals surface area (Å²) in [6.07, 6.45) is 1.78. The van der Waals surface area contributed by atoms with E-state index in [1.807, 2.05) is 26.8 Å². The lowest BCUT2D eigenvalue weighted by Crippen LogP contribution is -2.39. The normalized spacial score (nSPS) is 11.7. The molecule has 1 rings (SSSR count). The Morgan fingerprint density at radius 2 is 2.20 bits per heavy atom. The van der Waals surface area contributed by atoms with Crippen molar-refractivity contribution in [3.05, 3.63) is 33.2 Å². The van der Waals surface area contributed by atoms with Gasteiger partial charge in [0.2, 0.25) is 0 Å². The van der Waals surface area contributed by atoms with Gasteiger partial charge in [-0.3, -0.25) is 4.79 Å². The quantitative estimate of drug-likeness (QED) is 0.844. The van der Waals surface area contributed by atoms with Crippen molar-refractivity contribution in [1.29, 1.82) is 0 Å². The van der Waals surface area contributed by atoms with Gasteiger partial charge < -0.3 is 9.30 Å². The molecular weight excluding hydrogens is 258 g/mol. The fourth-order valence-corrected chi connectivity index (χ4v) is 1.71. The molecule has 0 spiro atoms. The molecule has 0 N–H and O–H groups in total. The van der Waals surface area contributed by atoms with Crippen LogP contribution in [0.1, 0.15) is 20.8 Å². The fraction of sp³-hybridized carbons (Fsp3) is 0.545. The van der Waals surface area contributed by atoms with Gasteiger partial charge in [0.25, 0.3) is 5.56 Å². The van der Waals surface area contributed by atoms with Gasteiger partial charge in [0.05, 0.1) is 16.6 Å². The Balaban J connectivity index is 3.04. The second-order valence-electron chi connectivity index (χ2n) is 3.98. The van der Waals surface area contributed by atoms with Crippen LogP contribution in [0.4, 0.5) is 0 Å². The summed E-state index contributed by atoms with van der Waals surface area (Å²) >= 11 is 3.23. The molecular formula is C11H16BrNO2. The minimum Gasteiger partial charge on any atom is -0.379 e. The first-order valence-corrected chi connectivity index (χ1v) is 5.73. The first-order chi connectivity index (χ1) is 6.99. The number of halogens is 1. The van der Waals surface area contributed by atoms with Crippen molar-refractivity contribution in [2.45, 2.75) is 26.3 Å². The van der Waals surface area contributed by atoms with E-state index < -0.39 is 0 Å². The summed E-state index contributed by atoms with van der Waals surface area (Å²) in [5.41, 5.74) is -0.348. The van der Waals surface area contributed by atoms with E-state index in [1.165, 1.54) is 0 Å². The van der Waals surface area contributed by atoms with E-state index in [4.69, 9.17) is 4.74 Å². The molecule has 0 aliphatic carbocycles. The summed E-state index contributed by atoms with van der Waals surface area (Å²) in [4.78, 5) is 11.8. The van der Waals surface area contributed by atoms with Gasteiger partial charge in [-0.15, -0.1) is 0 Å². The van der Waals surface area contributed by atoms with Crippen LogP contribution in [0.25, 0.3) is 0 Å². The van der Waals surface area contributed by atoms with Crippen LogP contribution in [0.2, 0.25) is 0 Å². The van der Waals surface area contributed by atoms with Crippen LogP contribution >= 0.6 is 15.9 Å². The number of hydrogen-bond donors (Lipinski definition) is 0. The van der Waals surface area contributed by atoms with E-state index in [1.54, 1.807) is 16.8 Å². The average molecular weight is 274 g/mol. The number of ether oxygens (including phenoxy) is 1. The molecule has 0 fully saturated rings. The van der Waals surface area contributed by atoms with E-state index in [0.29, 0.717) is 17.7 Å². The van der Waals surface area contributed by atoms with Gasteiger partial charge >= 0.3 is 0 Å². The zero-order chi connectivity index (χ0) is 11.5. The molecule has 0 saturated heterocycles. The summed E-state index contributed by atoms with van der Waals surface area (Å²) in [5.74, 6) is 0. The highest BCUT2D eigenvalue weighted by Crippen LogP contribution is 2.14. The number of nitrogens with zero attached hydrogens (tertiary/aromatic N) is 1. The zero-order valence-electron chi connectivity index (χ0n) is 9.29. The van der Waals surface area contributed by atoms with Crippen LogP contribution in [0.5, 0.6) is 0 Å². The second kappa shape index (κ2) is 4.94. The van der Waals surface area contributed by atoms with Gasteiger partial charge in [-0.25, -0.2) is 0 Å². The lowest BCUT2D eigenvalue weighted by molar-refractivity contribution is 0.0739. The van der Waals surface area contributed by atoms with Gasteiger partial charge in [-0.05, 0) is 48.8 Å². The molecule has 15 heavy (non-hydrogen) atoms. The first kappa shape index (κ1) is 12.5. The number of rotatable bonds is 4. The topological polar surface area (TPSA) is 31.2 Å². The highest BCUT2D eigenvalue weighted by molar-refractivity contribution is 9.10. The Labute approximate surface area is 98.2 Å². The summed E-state index contributed by atoms with van der Waals surface area (Å²) in [5, 5.41) is 0. The highest BCUT2D eigenvalue weighted by Gasteiger charge is 2.21. The molecule has 1 heterocycles. The molecule has 1 aromatic heterocycles. The molecule has 84 valence electrons. The maximum absolute atomic E-state index is 11.8. The molecule has 0 saturated carbocycles. The number of aromatic nitrogens is 1. The monoisotopic (exact) mass is 273 g/mol. The first-order valence-electron chi connectivity index (χ1n) is 4.94. The molecule has 0 amide bonds. The number of pyridine rings is 1. The molecule has 0 radical (unpaired) electrons. The van der Waals surface area contributed by atoms with Crippen molar-refractivity contribution < 1.29 is 4.74 Å². The molecule has 0 atom stereocenters. The Morgan fingerprint density at radius 3 is 2.80 bits per heavy atom. The maximum atomic E-state index is 11.8. The van der Waals surface area contributed by atoms with Gasteiger partial charge in [-0.1, -0.05) is 0 Å². The van der Waals surface area contributed by atoms with Gasteiger partial charge in [0.1, 0.15) is 0 Å². The van der Waals surface area contributed by atoms with Crippen LogP contribution in [-0.2, 0) is 10.3 Å². The smallest absolute Gasteiger partial charge is 0.265 e. The summed E-state index contributed by atoms with van der Waals surface area (Å²) in [6, 6.07) is 3.59. The summed E-state index contributed by atoms with van der Waals surface area (Å²) in [6.45, 7) is 7.10. The van der Waals surface area contributed by atoms with Gasteiger partial charge in [-0.2, -0.15) is 0 Å². The third-order valence-corrected chi connectivity index (χ3v) is 2.82. The number of hydrogen-bond acceptors (Lipinski definition) is 2. The molecule has 0 aliphatic heterocycles. The lowest BCUT2D eigenvalue weighted by Gasteiger charge is -2.27. The Bertz CT molecular complexity index is 384. The molecule has 0 unspecified atom stereocenters. The summed E-state index contributed by atoms with van der Waals surface area (Å²) < 4.78 is 7.64. The molecule has 0 bridgehead atoms. The van der Waals surface area contributed by atoms with Crippen molar-refractivity contribution >= 4 is 15.9 Å². The minimum atomic E-state index is -0.323. The van der Waals surface area contributed by atoms with Crippen LogP contribution < -0.4 is 5.56 Å².